The molecule has 28 heavy (non-hydrogen) atoms. The molecule has 0 aliphatic carbocycles. The molecule has 0 aliphatic rings. The zero-order chi connectivity index (χ0) is 20.5. The summed E-state index contributed by atoms with van der Waals surface area (Å²) in [6.45, 7) is 0.294. The SMILES string of the molecule is COC(CN(C)C(=O)Nc1ccc(Sc2ccc(C#N)cc2C#N)cc1)OC. The van der Waals surface area contributed by atoms with E-state index in [4.69, 9.17) is 14.7 Å². The normalized spacial score (nSPS) is 10.2. The average Bonchev–Trinajstić information content (AvgIpc) is 2.73. The highest BCUT2D eigenvalue weighted by molar-refractivity contribution is 7.99. The predicted octanol–water partition coefficient (Wildman–Crippen LogP) is 3.66. The van der Waals surface area contributed by atoms with Gasteiger partial charge in [-0.2, -0.15) is 10.5 Å². The maximum atomic E-state index is 12.2. The molecule has 7 nitrogen and oxygen atoms in total. The quantitative estimate of drug-likeness (QED) is 0.717. The molecule has 144 valence electrons. The predicted molar refractivity (Wildman–Crippen MR) is 106 cm³/mol. The van der Waals surface area contributed by atoms with Gasteiger partial charge in [0.15, 0.2) is 6.29 Å². The van der Waals surface area contributed by atoms with Crippen molar-refractivity contribution >= 4 is 23.5 Å². The lowest BCUT2D eigenvalue weighted by Crippen LogP contribution is -2.38. The molecule has 1 N–H and O–H groups in total. The van der Waals surface area contributed by atoms with Crippen molar-refractivity contribution in [3.8, 4) is 12.1 Å². The number of nitrogens with zero attached hydrogens (tertiary/aromatic N) is 3. The number of methoxy groups -OCH3 is 2. The molecule has 8 heteroatoms. The molecule has 2 aromatic carbocycles. The molecule has 2 rings (SSSR count). The molecule has 0 saturated heterocycles. The molecule has 0 fully saturated rings. The van der Waals surface area contributed by atoms with E-state index in [2.05, 4.69) is 11.4 Å². The molecule has 2 aromatic rings. The average molecular weight is 396 g/mol. The van der Waals surface area contributed by atoms with Gasteiger partial charge in [0.2, 0.25) is 0 Å². The van der Waals surface area contributed by atoms with Crippen LogP contribution in [0.5, 0.6) is 0 Å². The Morgan fingerprint density at radius 1 is 1.14 bits per heavy atom. The number of nitrogens with one attached hydrogen (secondary N) is 1. The van der Waals surface area contributed by atoms with Crippen LogP contribution in [0, 0.1) is 22.7 Å². The zero-order valence-electron chi connectivity index (χ0n) is 15.8. The maximum Gasteiger partial charge on any atom is 0.321 e. The number of nitriles is 2. The Morgan fingerprint density at radius 2 is 1.82 bits per heavy atom. The second-order valence-corrected chi connectivity index (χ2v) is 6.89. The molecule has 0 heterocycles. The van der Waals surface area contributed by atoms with Crippen molar-refractivity contribution in [2.24, 2.45) is 0 Å². The van der Waals surface area contributed by atoms with Crippen LogP contribution in [-0.2, 0) is 9.47 Å². The smallest absolute Gasteiger partial charge is 0.321 e. The Kier molecular flexibility index (Phi) is 7.85. The van der Waals surface area contributed by atoms with Crippen LogP contribution >= 0.6 is 11.8 Å². The van der Waals surface area contributed by atoms with Gasteiger partial charge < -0.3 is 19.7 Å². The highest BCUT2D eigenvalue weighted by Gasteiger charge is 2.15. The lowest BCUT2D eigenvalue weighted by molar-refractivity contribution is -0.108. The Hall–Kier alpha value is -3.04. The fourth-order valence-electron chi connectivity index (χ4n) is 2.28. The number of urea groups is 1. The molecule has 0 spiro atoms. The van der Waals surface area contributed by atoms with Crippen LogP contribution < -0.4 is 5.32 Å². The van der Waals surface area contributed by atoms with Crippen molar-refractivity contribution in [3.63, 3.8) is 0 Å². The van der Waals surface area contributed by atoms with Crippen molar-refractivity contribution in [1.82, 2.24) is 4.90 Å². The number of carbonyl (C=O) groups excluding carboxylic acids is 1. The number of anilines is 1. The fraction of sp³-hybridized carbons (Fsp3) is 0.250. The van der Waals surface area contributed by atoms with Crippen LogP contribution in [0.2, 0.25) is 0 Å². The van der Waals surface area contributed by atoms with E-state index in [1.54, 1.807) is 37.4 Å². The second kappa shape index (κ2) is 10.3. The van der Waals surface area contributed by atoms with Crippen LogP contribution in [0.25, 0.3) is 0 Å². The minimum absolute atomic E-state index is 0.279. The van der Waals surface area contributed by atoms with Gasteiger partial charge in [0.25, 0.3) is 0 Å². The van der Waals surface area contributed by atoms with E-state index in [9.17, 15) is 10.1 Å². The number of hydrogen-bond donors (Lipinski definition) is 1. The van der Waals surface area contributed by atoms with Gasteiger partial charge in [0, 0.05) is 36.7 Å². The summed E-state index contributed by atoms with van der Waals surface area (Å²) in [4.78, 5) is 15.4. The first-order valence-corrected chi connectivity index (χ1v) is 9.12. The van der Waals surface area contributed by atoms with Gasteiger partial charge >= 0.3 is 6.03 Å². The summed E-state index contributed by atoms with van der Waals surface area (Å²) in [6, 6.07) is 16.1. The largest absolute Gasteiger partial charge is 0.354 e. The summed E-state index contributed by atoms with van der Waals surface area (Å²) in [7, 11) is 4.68. The molecule has 0 bridgehead atoms. The number of benzene rings is 2. The van der Waals surface area contributed by atoms with E-state index in [1.807, 2.05) is 18.2 Å². The summed E-state index contributed by atoms with van der Waals surface area (Å²) < 4.78 is 10.2. The number of carbonyl (C=O) groups is 1. The van der Waals surface area contributed by atoms with Crippen LogP contribution in [0.3, 0.4) is 0 Å². The zero-order valence-corrected chi connectivity index (χ0v) is 16.6. The van der Waals surface area contributed by atoms with Crippen molar-refractivity contribution in [2.45, 2.75) is 16.1 Å². The van der Waals surface area contributed by atoms with Crippen LogP contribution in [0.4, 0.5) is 10.5 Å². The molecular weight excluding hydrogens is 376 g/mol. The van der Waals surface area contributed by atoms with E-state index in [0.29, 0.717) is 23.4 Å². The Morgan fingerprint density at radius 3 is 2.39 bits per heavy atom. The Labute approximate surface area is 168 Å². The minimum atomic E-state index is -0.490. The van der Waals surface area contributed by atoms with Crippen LogP contribution in [0.15, 0.2) is 52.3 Å². The van der Waals surface area contributed by atoms with Crippen molar-refractivity contribution in [3.05, 3.63) is 53.6 Å². The van der Waals surface area contributed by atoms with Gasteiger partial charge in [-0.05, 0) is 42.5 Å². The van der Waals surface area contributed by atoms with Crippen molar-refractivity contribution in [2.75, 3.05) is 33.1 Å². The van der Waals surface area contributed by atoms with E-state index in [-0.39, 0.29) is 6.03 Å². The van der Waals surface area contributed by atoms with E-state index < -0.39 is 6.29 Å². The molecule has 2 amide bonds. The summed E-state index contributed by atoms with van der Waals surface area (Å²) in [5, 5.41) is 21.0. The molecule has 0 unspecified atom stereocenters. The van der Waals surface area contributed by atoms with E-state index in [0.717, 1.165) is 9.79 Å². The number of ether oxygens (including phenoxy) is 2. The topological polar surface area (TPSA) is 98.4 Å². The number of likely N-dealkylation sites (N-methyl/N-ethyl adjacent to an activating group) is 1. The van der Waals surface area contributed by atoms with Gasteiger partial charge in [-0.3, -0.25) is 0 Å². The number of amides is 2. The molecule has 0 atom stereocenters. The number of rotatable bonds is 7. The van der Waals surface area contributed by atoms with E-state index >= 15 is 0 Å². The van der Waals surface area contributed by atoms with Gasteiger partial charge in [-0.1, -0.05) is 11.8 Å². The summed E-state index contributed by atoms with van der Waals surface area (Å²) in [6.07, 6.45) is -0.490. The third kappa shape index (κ3) is 5.73. The highest BCUT2D eigenvalue weighted by Crippen LogP contribution is 2.31. The van der Waals surface area contributed by atoms with E-state index in [1.165, 1.54) is 30.9 Å². The fourth-order valence-corrected chi connectivity index (χ4v) is 3.16. The lowest BCUT2D eigenvalue weighted by Gasteiger charge is -2.22. The highest BCUT2D eigenvalue weighted by atomic mass is 32.2. The van der Waals surface area contributed by atoms with Gasteiger partial charge in [0.1, 0.15) is 6.07 Å². The summed E-state index contributed by atoms with van der Waals surface area (Å²) in [5.41, 5.74) is 1.55. The Balaban J connectivity index is 2.01. The van der Waals surface area contributed by atoms with Crippen molar-refractivity contribution in [1.29, 1.82) is 10.5 Å². The summed E-state index contributed by atoms with van der Waals surface area (Å²) >= 11 is 1.42. The van der Waals surface area contributed by atoms with Gasteiger partial charge in [-0.15, -0.1) is 0 Å². The van der Waals surface area contributed by atoms with Gasteiger partial charge in [-0.25, -0.2) is 4.79 Å². The van der Waals surface area contributed by atoms with Crippen molar-refractivity contribution < 1.29 is 14.3 Å². The van der Waals surface area contributed by atoms with Gasteiger partial charge in [0.05, 0.1) is 23.7 Å². The standard InChI is InChI=1S/C20H20N4O3S/c1-24(13-19(26-2)27-3)20(25)23-16-5-7-17(8-6-16)28-18-9-4-14(11-21)10-15(18)12-22/h4-10,19H,13H2,1-3H3,(H,23,25). The Bertz CT molecular complexity index is 899. The maximum absolute atomic E-state index is 12.2. The number of hydrogen-bond acceptors (Lipinski definition) is 6. The molecular formula is C20H20N4O3S. The monoisotopic (exact) mass is 396 g/mol. The molecule has 0 radical (unpaired) electrons. The third-order valence-electron chi connectivity index (χ3n) is 3.86. The molecule has 0 aliphatic heterocycles. The first kappa shape index (κ1) is 21.3. The second-order valence-electron chi connectivity index (χ2n) is 5.77. The van der Waals surface area contributed by atoms with Crippen LogP contribution in [0.1, 0.15) is 11.1 Å². The first-order chi connectivity index (χ1) is 13.5. The van der Waals surface area contributed by atoms with Crippen LogP contribution in [-0.4, -0.2) is 45.0 Å². The first-order valence-electron chi connectivity index (χ1n) is 8.30. The molecule has 0 saturated carbocycles. The minimum Gasteiger partial charge on any atom is -0.354 e. The lowest BCUT2D eigenvalue weighted by atomic mass is 10.1. The third-order valence-corrected chi connectivity index (χ3v) is 4.94. The summed E-state index contributed by atoms with van der Waals surface area (Å²) in [5.74, 6) is 0. The molecule has 0 aromatic heterocycles.